The summed E-state index contributed by atoms with van der Waals surface area (Å²) in [5.74, 6) is -2.57. The van der Waals surface area contributed by atoms with Gasteiger partial charge in [-0.25, -0.2) is 8.78 Å². The van der Waals surface area contributed by atoms with Crippen molar-refractivity contribution in [3.63, 3.8) is 0 Å². The molecule has 3 aromatic rings. The molecule has 0 saturated carbocycles. The van der Waals surface area contributed by atoms with Gasteiger partial charge < -0.3 is 9.80 Å². The molecule has 0 bridgehead atoms. The molecular formula is C22H20F2N4S. The molecule has 1 unspecified atom stereocenters. The highest BCUT2D eigenvalue weighted by Crippen LogP contribution is 2.55. The fourth-order valence-corrected chi connectivity index (χ4v) is 5.23. The molecule has 2 aliphatic rings. The zero-order valence-corrected chi connectivity index (χ0v) is 16.5. The summed E-state index contributed by atoms with van der Waals surface area (Å²) in [5, 5.41) is 0.0320. The van der Waals surface area contributed by atoms with Crippen molar-refractivity contribution in [2.45, 2.75) is 29.0 Å². The van der Waals surface area contributed by atoms with Gasteiger partial charge in [-0.2, -0.15) is 0 Å². The fourth-order valence-electron chi connectivity index (χ4n) is 3.95. The van der Waals surface area contributed by atoms with Crippen LogP contribution >= 0.6 is 11.8 Å². The van der Waals surface area contributed by atoms with E-state index in [9.17, 15) is 8.78 Å². The Morgan fingerprint density at radius 3 is 2.31 bits per heavy atom. The number of alkyl halides is 2. The highest BCUT2D eigenvalue weighted by atomic mass is 32.2. The van der Waals surface area contributed by atoms with Gasteiger partial charge in [0.2, 0.25) is 0 Å². The summed E-state index contributed by atoms with van der Waals surface area (Å²) >= 11 is 1.77. The molecule has 0 amide bonds. The molecule has 2 aliphatic heterocycles. The number of thioether (sulfide) groups is 1. The number of hydrogen-bond acceptors (Lipinski definition) is 5. The van der Waals surface area contributed by atoms with Gasteiger partial charge in [0.05, 0.1) is 29.5 Å². The predicted molar refractivity (Wildman–Crippen MR) is 112 cm³/mol. The number of pyridine rings is 2. The van der Waals surface area contributed by atoms with Gasteiger partial charge in [-0.3, -0.25) is 9.97 Å². The summed E-state index contributed by atoms with van der Waals surface area (Å²) in [7, 11) is 0. The molecule has 2 aromatic heterocycles. The molecule has 1 atom stereocenters. The first-order chi connectivity index (χ1) is 14.1. The maximum absolute atomic E-state index is 13.7. The molecule has 7 heteroatoms. The van der Waals surface area contributed by atoms with Crippen molar-refractivity contribution in [2.24, 2.45) is 0 Å². The van der Waals surface area contributed by atoms with Gasteiger partial charge >= 0.3 is 0 Å². The standard InChI is InChI=1S/C22H20F2N4S/c23-22(24)8-12-27(13-9-22)17-6-10-25-14-18(17)28-19-15-26-11-7-20(19)29-21(28)16-4-2-1-3-5-16/h1-7,10-11,14-15,21H,8-9,12-13H2. The average molecular weight is 410 g/mol. The number of hydrogen-bond donors (Lipinski definition) is 0. The highest BCUT2D eigenvalue weighted by Gasteiger charge is 2.37. The van der Waals surface area contributed by atoms with Crippen LogP contribution in [0.25, 0.3) is 0 Å². The molecule has 0 N–H and O–H groups in total. The first-order valence-electron chi connectivity index (χ1n) is 9.64. The van der Waals surface area contributed by atoms with Crippen molar-refractivity contribution in [1.82, 2.24) is 9.97 Å². The summed E-state index contributed by atoms with van der Waals surface area (Å²) in [6.07, 6.45) is 6.99. The highest BCUT2D eigenvalue weighted by molar-refractivity contribution is 8.00. The molecule has 29 heavy (non-hydrogen) atoms. The molecule has 0 spiro atoms. The van der Waals surface area contributed by atoms with Gasteiger partial charge in [-0.1, -0.05) is 42.1 Å². The maximum atomic E-state index is 13.7. The topological polar surface area (TPSA) is 32.3 Å². The lowest BCUT2D eigenvalue weighted by Crippen LogP contribution is -2.40. The minimum absolute atomic E-state index is 0.0320. The zero-order valence-electron chi connectivity index (χ0n) is 15.7. The lowest BCUT2D eigenvalue weighted by molar-refractivity contribution is -0.0220. The van der Waals surface area contributed by atoms with Crippen LogP contribution in [0.2, 0.25) is 0 Å². The predicted octanol–water partition coefficient (Wildman–Crippen LogP) is 5.65. The molecule has 1 fully saturated rings. The van der Waals surface area contributed by atoms with Crippen molar-refractivity contribution in [3.05, 3.63) is 72.8 Å². The fraction of sp³-hybridized carbons (Fsp3) is 0.273. The SMILES string of the molecule is FC1(F)CCN(c2ccncc2N2c3cnccc3SC2c2ccccc2)CC1. The van der Waals surface area contributed by atoms with E-state index < -0.39 is 5.92 Å². The number of piperidine rings is 1. The molecule has 5 rings (SSSR count). The molecule has 0 aliphatic carbocycles. The second kappa shape index (κ2) is 7.30. The lowest BCUT2D eigenvalue weighted by Gasteiger charge is -2.37. The molecule has 4 nitrogen and oxygen atoms in total. The van der Waals surface area contributed by atoms with Crippen molar-refractivity contribution < 1.29 is 8.78 Å². The first-order valence-corrected chi connectivity index (χ1v) is 10.5. The Bertz CT molecular complexity index is 1000. The summed E-state index contributed by atoms with van der Waals surface area (Å²) in [5.41, 5.74) is 4.05. The second-order valence-electron chi connectivity index (χ2n) is 7.30. The van der Waals surface area contributed by atoms with Gasteiger partial charge in [0.1, 0.15) is 5.37 Å². The number of nitrogens with zero attached hydrogens (tertiary/aromatic N) is 4. The third-order valence-electron chi connectivity index (χ3n) is 5.45. The molecular weight excluding hydrogens is 390 g/mol. The summed E-state index contributed by atoms with van der Waals surface area (Å²) < 4.78 is 27.4. The minimum Gasteiger partial charge on any atom is -0.369 e. The van der Waals surface area contributed by atoms with E-state index in [1.165, 1.54) is 5.56 Å². The Morgan fingerprint density at radius 2 is 1.55 bits per heavy atom. The van der Waals surface area contributed by atoms with E-state index >= 15 is 0 Å². The molecule has 4 heterocycles. The van der Waals surface area contributed by atoms with E-state index in [0.29, 0.717) is 13.1 Å². The van der Waals surface area contributed by atoms with Crippen molar-refractivity contribution >= 4 is 28.8 Å². The Kier molecular flexibility index (Phi) is 4.62. The first kappa shape index (κ1) is 18.4. The number of aromatic nitrogens is 2. The van der Waals surface area contributed by atoms with E-state index in [4.69, 9.17) is 0 Å². The third-order valence-corrected chi connectivity index (χ3v) is 6.76. The van der Waals surface area contributed by atoms with Crippen LogP contribution in [0.15, 0.2) is 72.1 Å². The molecule has 0 radical (unpaired) electrons. The number of benzene rings is 1. The third kappa shape index (κ3) is 3.44. The summed E-state index contributed by atoms with van der Waals surface area (Å²) in [6, 6.07) is 14.3. The van der Waals surface area contributed by atoms with E-state index in [2.05, 4.69) is 31.9 Å². The van der Waals surface area contributed by atoms with Crippen LogP contribution in [0, 0.1) is 0 Å². The van der Waals surface area contributed by atoms with E-state index in [-0.39, 0.29) is 18.2 Å². The van der Waals surface area contributed by atoms with Gasteiger partial charge in [-0.05, 0) is 17.7 Å². The Morgan fingerprint density at radius 1 is 0.862 bits per heavy atom. The van der Waals surface area contributed by atoms with Crippen LogP contribution in [0.5, 0.6) is 0 Å². The van der Waals surface area contributed by atoms with E-state index in [1.807, 2.05) is 42.7 Å². The maximum Gasteiger partial charge on any atom is 0.251 e. The van der Waals surface area contributed by atoms with Crippen molar-refractivity contribution in [1.29, 1.82) is 0 Å². The molecule has 148 valence electrons. The smallest absolute Gasteiger partial charge is 0.251 e. The molecule has 1 aromatic carbocycles. The van der Waals surface area contributed by atoms with Crippen LogP contribution < -0.4 is 9.80 Å². The quantitative estimate of drug-likeness (QED) is 0.557. The monoisotopic (exact) mass is 410 g/mol. The van der Waals surface area contributed by atoms with Crippen LogP contribution in [0.1, 0.15) is 23.8 Å². The Labute approximate surface area is 172 Å². The van der Waals surface area contributed by atoms with Gasteiger partial charge in [0, 0.05) is 43.2 Å². The Hall–Kier alpha value is -2.67. The Balaban J connectivity index is 1.58. The van der Waals surface area contributed by atoms with Crippen molar-refractivity contribution in [2.75, 3.05) is 22.9 Å². The minimum atomic E-state index is -2.57. The van der Waals surface area contributed by atoms with Crippen molar-refractivity contribution in [3.8, 4) is 0 Å². The largest absolute Gasteiger partial charge is 0.369 e. The normalized spacial score (nSPS) is 20.6. The average Bonchev–Trinajstić information content (AvgIpc) is 3.14. The molecule has 1 saturated heterocycles. The lowest BCUT2D eigenvalue weighted by atomic mass is 10.1. The van der Waals surface area contributed by atoms with Crippen LogP contribution in [-0.2, 0) is 0 Å². The van der Waals surface area contributed by atoms with Gasteiger partial charge in [0.15, 0.2) is 0 Å². The van der Waals surface area contributed by atoms with E-state index in [1.54, 1.807) is 24.2 Å². The van der Waals surface area contributed by atoms with Crippen LogP contribution in [0.3, 0.4) is 0 Å². The zero-order chi connectivity index (χ0) is 19.8. The van der Waals surface area contributed by atoms with Crippen LogP contribution in [-0.4, -0.2) is 29.0 Å². The summed E-state index contributed by atoms with van der Waals surface area (Å²) in [6.45, 7) is 0.668. The number of rotatable bonds is 3. The number of fused-ring (bicyclic) bond motifs is 1. The van der Waals surface area contributed by atoms with Gasteiger partial charge in [0.25, 0.3) is 5.92 Å². The summed E-state index contributed by atoms with van der Waals surface area (Å²) in [4.78, 5) is 14.1. The van der Waals surface area contributed by atoms with Gasteiger partial charge in [-0.15, -0.1) is 0 Å². The second-order valence-corrected chi connectivity index (χ2v) is 8.42. The van der Waals surface area contributed by atoms with Crippen LogP contribution in [0.4, 0.5) is 25.8 Å². The van der Waals surface area contributed by atoms with E-state index in [0.717, 1.165) is 22.0 Å². The number of anilines is 3. The number of halogens is 2.